The number of ether oxygens (including phenoxy) is 2. The molecule has 6 nitrogen and oxygen atoms in total. The van der Waals surface area contributed by atoms with Crippen molar-refractivity contribution in [3.63, 3.8) is 0 Å². The minimum absolute atomic E-state index is 0.215. The molecule has 1 aromatic carbocycles. The van der Waals surface area contributed by atoms with Gasteiger partial charge in [-0.1, -0.05) is 41.4 Å². The van der Waals surface area contributed by atoms with Crippen LogP contribution in [-0.2, 0) is 28.8 Å². The Morgan fingerprint density at radius 2 is 1.52 bits per heavy atom. The predicted octanol–water partition coefficient (Wildman–Crippen LogP) is 3.50. The number of esters is 2. The van der Waals surface area contributed by atoms with Crippen molar-refractivity contribution in [3.05, 3.63) is 35.4 Å². The lowest BCUT2D eigenvalue weighted by atomic mass is 9.95. The van der Waals surface area contributed by atoms with Gasteiger partial charge in [0.05, 0.1) is 19.8 Å². The maximum atomic E-state index is 12.1. The van der Waals surface area contributed by atoms with Crippen molar-refractivity contribution in [2.75, 3.05) is 14.2 Å². The topological polar surface area (TPSA) is 71.1 Å². The van der Waals surface area contributed by atoms with Crippen molar-refractivity contribution >= 4 is 23.5 Å². The van der Waals surface area contributed by atoms with Crippen molar-refractivity contribution in [3.8, 4) is 0 Å². The quantitative estimate of drug-likeness (QED) is 0.240. The molecule has 1 aromatic rings. The number of hydrogen-bond acceptors (Lipinski definition) is 6. The summed E-state index contributed by atoms with van der Waals surface area (Å²) < 4.78 is 9.34. The minimum atomic E-state index is -2.04. The van der Waals surface area contributed by atoms with E-state index in [1.165, 1.54) is 0 Å². The van der Waals surface area contributed by atoms with Gasteiger partial charge in [-0.3, -0.25) is 0 Å². The number of benzene rings is 1. The monoisotopic (exact) mass is 372 g/mol. The molecule has 1 atom stereocenters. The molecular formula is C18H25ClO6. The third-order valence-electron chi connectivity index (χ3n) is 3.35. The first-order valence-corrected chi connectivity index (χ1v) is 8.18. The number of rotatable bonds is 7. The van der Waals surface area contributed by atoms with Gasteiger partial charge in [0.15, 0.2) is 0 Å². The van der Waals surface area contributed by atoms with E-state index in [4.69, 9.17) is 21.4 Å². The first-order chi connectivity index (χ1) is 11.5. The fraction of sp³-hybridized carbons (Fsp3) is 0.556. The number of hydrogen-bond donors (Lipinski definition) is 0. The van der Waals surface area contributed by atoms with E-state index in [9.17, 15) is 9.59 Å². The van der Waals surface area contributed by atoms with Crippen LogP contribution >= 0.6 is 11.6 Å². The molecule has 0 unspecified atom stereocenters. The molecule has 0 heterocycles. The third kappa shape index (κ3) is 5.99. The molecule has 0 saturated carbocycles. The highest BCUT2D eigenvalue weighted by molar-refractivity contribution is 6.44. The van der Waals surface area contributed by atoms with E-state index >= 15 is 0 Å². The van der Waals surface area contributed by atoms with Crippen molar-refractivity contribution in [1.29, 1.82) is 0 Å². The van der Waals surface area contributed by atoms with Crippen LogP contribution in [0.1, 0.15) is 44.4 Å². The molecule has 1 rings (SSSR count). The van der Waals surface area contributed by atoms with Crippen LogP contribution in [0, 0.1) is 6.92 Å². The zero-order valence-corrected chi connectivity index (χ0v) is 16.2. The summed E-state index contributed by atoms with van der Waals surface area (Å²) in [6, 6.07) is 7.40. The number of carbonyl (C=O) groups is 2. The highest BCUT2D eigenvalue weighted by Crippen LogP contribution is 2.35. The van der Waals surface area contributed by atoms with E-state index in [2.05, 4.69) is 9.47 Å². The molecule has 0 fully saturated rings. The predicted molar refractivity (Wildman–Crippen MR) is 93.1 cm³/mol. The van der Waals surface area contributed by atoms with E-state index in [0.29, 0.717) is 5.56 Å². The molecule has 0 aliphatic rings. The van der Waals surface area contributed by atoms with Crippen LogP contribution in [0.3, 0.4) is 0 Å². The summed E-state index contributed by atoms with van der Waals surface area (Å²) >= 11 is 6.28. The Morgan fingerprint density at radius 1 is 1.04 bits per heavy atom. The largest absolute Gasteiger partial charge is 0.467 e. The molecule has 7 heteroatoms. The molecule has 0 spiro atoms. The maximum Gasteiger partial charge on any atom is 0.338 e. The first kappa shape index (κ1) is 21.4. The van der Waals surface area contributed by atoms with Crippen molar-refractivity contribution < 1.29 is 28.8 Å². The van der Waals surface area contributed by atoms with Crippen molar-refractivity contribution in [1.82, 2.24) is 0 Å². The number of carbonyl (C=O) groups excluding carboxylic acids is 2. The summed E-state index contributed by atoms with van der Waals surface area (Å²) in [5, 5.41) is 0. The normalized spacial score (nSPS) is 13.2. The Labute approximate surface area is 153 Å². The lowest BCUT2D eigenvalue weighted by Crippen LogP contribution is -2.44. The van der Waals surface area contributed by atoms with Gasteiger partial charge >= 0.3 is 11.9 Å². The van der Waals surface area contributed by atoms with Crippen LogP contribution in [0.4, 0.5) is 0 Å². The van der Waals surface area contributed by atoms with Gasteiger partial charge in [0.2, 0.25) is 4.87 Å². The summed E-state index contributed by atoms with van der Waals surface area (Å²) in [7, 11) is 2.30. The lowest BCUT2D eigenvalue weighted by Gasteiger charge is -2.28. The molecule has 0 aromatic heterocycles. The molecule has 0 saturated heterocycles. The van der Waals surface area contributed by atoms with Crippen molar-refractivity contribution in [2.24, 2.45) is 0 Å². The Balaban J connectivity index is 3.18. The molecular weight excluding hydrogens is 348 g/mol. The number of aryl methyl sites for hydroxylation is 1. The first-order valence-electron chi connectivity index (χ1n) is 7.80. The fourth-order valence-corrected chi connectivity index (χ4v) is 2.31. The van der Waals surface area contributed by atoms with Gasteiger partial charge < -0.3 is 9.47 Å². The molecule has 140 valence electrons. The van der Waals surface area contributed by atoms with Crippen LogP contribution in [0.25, 0.3) is 0 Å². The van der Waals surface area contributed by atoms with Gasteiger partial charge in [-0.05, 0) is 33.3 Å². The average Bonchev–Trinajstić information content (AvgIpc) is 2.56. The van der Waals surface area contributed by atoms with Crippen LogP contribution in [0.5, 0.6) is 0 Å². The molecule has 25 heavy (non-hydrogen) atoms. The smallest absolute Gasteiger partial charge is 0.338 e. The Bertz CT molecular complexity index is 575. The molecule has 0 aliphatic heterocycles. The molecule has 0 amide bonds. The second kappa shape index (κ2) is 8.65. The second-order valence-corrected chi connectivity index (χ2v) is 7.32. The van der Waals surface area contributed by atoms with Crippen molar-refractivity contribution in [2.45, 2.75) is 50.7 Å². The minimum Gasteiger partial charge on any atom is -0.467 e. The molecule has 0 aliphatic carbocycles. The van der Waals surface area contributed by atoms with Crippen LogP contribution in [0.15, 0.2) is 24.3 Å². The summed E-state index contributed by atoms with van der Waals surface area (Å²) in [6.07, 6.45) is -0.997. The number of methoxy groups -OCH3 is 2. The number of alkyl halides is 1. The molecule has 0 N–H and O–H groups in total. The summed E-state index contributed by atoms with van der Waals surface area (Å²) in [4.78, 5) is 33.1. The molecule has 0 bridgehead atoms. The summed E-state index contributed by atoms with van der Waals surface area (Å²) in [6.45, 7) is 7.38. The second-order valence-electron chi connectivity index (χ2n) is 6.68. The Morgan fingerprint density at radius 3 is 1.92 bits per heavy atom. The van der Waals surface area contributed by atoms with E-state index in [1.54, 1.807) is 0 Å². The third-order valence-corrected chi connectivity index (χ3v) is 3.81. The van der Waals surface area contributed by atoms with Gasteiger partial charge in [0, 0.05) is 6.42 Å². The van der Waals surface area contributed by atoms with Crippen LogP contribution in [0.2, 0.25) is 0 Å². The summed E-state index contributed by atoms with van der Waals surface area (Å²) in [5.74, 6) is -1.84. The van der Waals surface area contributed by atoms with Gasteiger partial charge in [-0.25, -0.2) is 19.4 Å². The molecule has 0 radical (unpaired) electrons. The Hall–Kier alpha value is -1.63. The summed E-state index contributed by atoms with van der Waals surface area (Å²) in [5.41, 5.74) is 1.17. The SMILES string of the molecule is COC(=O)C(Cl)(C[C@@H](OOC(C)(C)C)c1ccc(C)cc1)C(=O)OC. The van der Waals surface area contributed by atoms with Gasteiger partial charge in [0.25, 0.3) is 0 Å². The van der Waals surface area contributed by atoms with Crippen LogP contribution < -0.4 is 0 Å². The fourth-order valence-electron chi connectivity index (χ4n) is 2.02. The zero-order chi connectivity index (χ0) is 19.3. The van der Waals surface area contributed by atoms with Gasteiger partial charge in [-0.15, -0.1) is 0 Å². The highest BCUT2D eigenvalue weighted by atomic mass is 35.5. The van der Waals surface area contributed by atoms with Gasteiger partial charge in [-0.2, -0.15) is 0 Å². The van der Waals surface area contributed by atoms with Gasteiger partial charge in [0.1, 0.15) is 6.10 Å². The Kier molecular flexibility index (Phi) is 7.41. The average molecular weight is 373 g/mol. The van der Waals surface area contributed by atoms with E-state index in [0.717, 1.165) is 19.8 Å². The maximum absolute atomic E-state index is 12.1. The zero-order valence-electron chi connectivity index (χ0n) is 15.4. The lowest BCUT2D eigenvalue weighted by molar-refractivity contribution is -0.377. The van der Waals surface area contributed by atoms with E-state index < -0.39 is 28.5 Å². The van der Waals surface area contributed by atoms with Crippen LogP contribution in [-0.4, -0.2) is 36.6 Å². The highest BCUT2D eigenvalue weighted by Gasteiger charge is 2.49. The van der Waals surface area contributed by atoms with E-state index in [1.807, 2.05) is 52.0 Å². The standard InChI is InChI=1S/C18H25ClO6/c1-12-7-9-13(10-8-12)14(24-25-17(2,3)4)11-18(19,15(20)22-5)16(21)23-6/h7-10,14H,11H2,1-6H3/t14-/m1/s1. The van der Waals surface area contributed by atoms with E-state index in [-0.39, 0.29) is 6.42 Å². The number of halogens is 1.